The largest absolute Gasteiger partial charge is 0.456 e. The van der Waals surface area contributed by atoms with Gasteiger partial charge in [-0.2, -0.15) is 0 Å². The molecule has 0 aromatic heterocycles. The minimum atomic E-state index is -1.52. The van der Waals surface area contributed by atoms with Gasteiger partial charge >= 0.3 is 17.9 Å². The van der Waals surface area contributed by atoms with Gasteiger partial charge in [-0.3, -0.25) is 19.2 Å². The Labute approximate surface area is 341 Å². The number of ether oxygens (including phenoxy) is 4. The van der Waals surface area contributed by atoms with Crippen molar-refractivity contribution in [2.45, 2.75) is 106 Å². The number of amides is 2. The number of fused-ring (bicyclic) bond motifs is 6. The fourth-order valence-electron chi connectivity index (χ4n) is 6.42. The second-order valence-electron chi connectivity index (χ2n) is 16.6. The van der Waals surface area contributed by atoms with Gasteiger partial charge in [-0.25, -0.2) is 4.79 Å². The number of nitrogens with one attached hydrogen (secondary N) is 2. The second-order valence-corrected chi connectivity index (χ2v) is 17.9. The summed E-state index contributed by atoms with van der Waals surface area (Å²) < 4.78 is 35.6. The van der Waals surface area contributed by atoms with E-state index in [4.69, 9.17) is 28.0 Å². The molecule has 3 unspecified atom stereocenters. The predicted octanol–water partition coefficient (Wildman–Crippen LogP) is 8.34. The zero-order valence-electron chi connectivity index (χ0n) is 35.0. The third-order valence-corrected chi connectivity index (χ3v) is 10.8. The summed E-state index contributed by atoms with van der Waals surface area (Å²) in [4.78, 5) is 65.5. The van der Waals surface area contributed by atoms with Crippen LogP contribution in [0.1, 0.15) is 125 Å². The molecule has 0 aliphatic carbocycles. The van der Waals surface area contributed by atoms with Crippen LogP contribution in [0.3, 0.4) is 0 Å². The third kappa shape index (κ3) is 9.88. The standard InChI is InChI=1S/C44H55N2O11P/c1-11-22-52-58(10)57-26(3)34(12-2)46-37(47)14-13-21-45-38(48)27-15-18-31-30(23-27)39(49)56-44(31)32-19-16-28(53-40(50)42(4,5)6)24-35(32)55-36-25-29(17-20-33(36)44)54-41(51)43(7,8)9/h15-20,23-26,34H,11-14,21-22H2,1-10H3,(H,45,48)(H,46,47). The molecule has 312 valence electrons. The normalized spacial score (nSPS) is 15.4. The molecule has 0 saturated carbocycles. The van der Waals surface area contributed by atoms with E-state index < -0.39 is 48.6 Å². The van der Waals surface area contributed by atoms with Crippen molar-refractivity contribution >= 4 is 38.1 Å². The molecule has 3 atom stereocenters. The third-order valence-electron chi connectivity index (χ3n) is 9.67. The minimum Gasteiger partial charge on any atom is -0.456 e. The van der Waals surface area contributed by atoms with Gasteiger partial charge in [-0.15, -0.1) is 0 Å². The Morgan fingerprint density at radius 2 is 1.40 bits per heavy atom. The monoisotopic (exact) mass is 818 g/mol. The lowest BCUT2D eigenvalue weighted by Crippen LogP contribution is -2.42. The SMILES string of the molecule is CCCOP(C)OC(C)C(CC)NC(=O)CCCNC(=O)c1ccc2c(c1)C(=O)OC21c2ccc(OC(=O)C(C)(C)C)cc2Oc2cc(OC(=O)C(C)(C)C)ccc21. The molecular weight excluding hydrogens is 763 g/mol. The summed E-state index contributed by atoms with van der Waals surface area (Å²) in [5.41, 5.74) is -1.26. The smallest absolute Gasteiger partial charge is 0.340 e. The van der Waals surface area contributed by atoms with Gasteiger partial charge in [0.25, 0.3) is 5.91 Å². The molecule has 5 rings (SSSR count). The molecule has 0 bridgehead atoms. The van der Waals surface area contributed by atoms with Gasteiger partial charge in [-0.05, 0) is 104 Å². The summed E-state index contributed by atoms with van der Waals surface area (Å²) in [6.07, 6.45) is 1.96. The van der Waals surface area contributed by atoms with Gasteiger partial charge < -0.3 is 38.6 Å². The first-order valence-corrected chi connectivity index (χ1v) is 21.3. The molecule has 1 spiro atoms. The number of esters is 3. The number of carbonyl (C=O) groups excluding carboxylic acids is 5. The number of benzene rings is 3. The highest BCUT2D eigenvalue weighted by Gasteiger charge is 2.54. The molecule has 14 heteroatoms. The lowest BCUT2D eigenvalue weighted by atomic mass is 9.77. The number of hydrogen-bond donors (Lipinski definition) is 2. The Balaban J connectivity index is 1.35. The lowest BCUT2D eigenvalue weighted by Gasteiger charge is -2.36. The number of hydrogen-bond acceptors (Lipinski definition) is 11. The quantitative estimate of drug-likeness (QED) is 0.0656. The van der Waals surface area contributed by atoms with Gasteiger partial charge in [0.15, 0.2) is 14.0 Å². The van der Waals surface area contributed by atoms with E-state index in [0.29, 0.717) is 36.1 Å². The average Bonchev–Trinajstić information content (AvgIpc) is 3.44. The molecule has 0 fully saturated rings. The first-order chi connectivity index (χ1) is 27.3. The molecule has 2 aliphatic rings. The maximum Gasteiger partial charge on any atom is 0.340 e. The lowest BCUT2D eigenvalue weighted by molar-refractivity contribution is -0.143. The molecule has 0 saturated heterocycles. The van der Waals surface area contributed by atoms with Gasteiger partial charge in [-0.1, -0.05) is 19.9 Å². The van der Waals surface area contributed by atoms with Crippen LogP contribution in [0, 0.1) is 10.8 Å². The summed E-state index contributed by atoms with van der Waals surface area (Å²) in [5.74, 6) is -1.19. The maximum atomic E-state index is 13.8. The molecule has 58 heavy (non-hydrogen) atoms. The Morgan fingerprint density at radius 3 is 1.93 bits per heavy atom. The maximum absolute atomic E-state index is 13.8. The van der Waals surface area contributed by atoms with Crippen molar-refractivity contribution in [1.82, 2.24) is 10.6 Å². The fourth-order valence-corrected chi connectivity index (χ4v) is 7.53. The molecule has 2 heterocycles. The van der Waals surface area contributed by atoms with Crippen molar-refractivity contribution in [3.63, 3.8) is 0 Å². The molecule has 13 nitrogen and oxygen atoms in total. The minimum absolute atomic E-state index is 0.145. The van der Waals surface area contributed by atoms with E-state index in [-0.39, 0.29) is 65.1 Å². The molecule has 3 aromatic rings. The Kier molecular flexibility index (Phi) is 13.7. The van der Waals surface area contributed by atoms with Crippen molar-refractivity contribution in [1.29, 1.82) is 0 Å². The van der Waals surface area contributed by atoms with E-state index in [1.165, 1.54) is 6.07 Å². The van der Waals surface area contributed by atoms with Gasteiger partial charge in [0, 0.05) is 54.0 Å². The highest BCUT2D eigenvalue weighted by molar-refractivity contribution is 7.46. The summed E-state index contributed by atoms with van der Waals surface area (Å²) >= 11 is 0. The van der Waals surface area contributed by atoms with E-state index in [1.54, 1.807) is 90.1 Å². The second kappa shape index (κ2) is 18.0. The van der Waals surface area contributed by atoms with Crippen molar-refractivity contribution in [2.24, 2.45) is 10.8 Å². The van der Waals surface area contributed by atoms with Crippen LogP contribution in [0.25, 0.3) is 0 Å². The van der Waals surface area contributed by atoms with Gasteiger partial charge in [0.05, 0.1) is 35.1 Å². The highest BCUT2D eigenvalue weighted by atomic mass is 31.2. The average molecular weight is 819 g/mol. The van der Waals surface area contributed by atoms with Gasteiger partial charge in [0.2, 0.25) is 5.91 Å². The molecular formula is C44H55N2O11P. The van der Waals surface area contributed by atoms with Crippen LogP contribution < -0.4 is 24.8 Å². The Morgan fingerprint density at radius 1 is 0.828 bits per heavy atom. The number of rotatable bonds is 15. The molecule has 0 radical (unpaired) electrons. The topological polar surface area (TPSA) is 165 Å². The molecule has 2 N–H and O–H groups in total. The van der Waals surface area contributed by atoms with Crippen LogP contribution >= 0.6 is 8.38 Å². The van der Waals surface area contributed by atoms with Crippen molar-refractivity contribution in [3.8, 4) is 23.0 Å². The van der Waals surface area contributed by atoms with Crippen molar-refractivity contribution < 1.29 is 52.0 Å². The van der Waals surface area contributed by atoms with Crippen molar-refractivity contribution in [3.05, 3.63) is 82.4 Å². The fraction of sp³-hybridized carbons (Fsp3) is 0.477. The summed E-state index contributed by atoms with van der Waals surface area (Å²) in [6.45, 7) is 19.1. The summed E-state index contributed by atoms with van der Waals surface area (Å²) in [7, 11) is -1.04. The van der Waals surface area contributed by atoms with Gasteiger partial charge in [0.1, 0.15) is 23.0 Å². The predicted molar refractivity (Wildman–Crippen MR) is 218 cm³/mol. The van der Waals surface area contributed by atoms with Crippen LogP contribution in [0.15, 0.2) is 54.6 Å². The van der Waals surface area contributed by atoms with E-state index >= 15 is 0 Å². The first kappa shape index (κ1) is 44.3. The van der Waals surface area contributed by atoms with E-state index in [1.807, 2.05) is 27.4 Å². The highest BCUT2D eigenvalue weighted by Crippen LogP contribution is 2.57. The van der Waals surface area contributed by atoms with E-state index in [0.717, 1.165) is 6.42 Å². The van der Waals surface area contributed by atoms with E-state index in [9.17, 15) is 24.0 Å². The first-order valence-electron chi connectivity index (χ1n) is 19.7. The Bertz CT molecular complexity index is 1970. The van der Waals surface area contributed by atoms with Crippen LogP contribution in [0.4, 0.5) is 0 Å². The Hall–Kier alpha value is -4.84. The van der Waals surface area contributed by atoms with E-state index in [2.05, 4.69) is 10.6 Å². The summed E-state index contributed by atoms with van der Waals surface area (Å²) in [5, 5.41) is 5.88. The molecule has 3 aromatic carbocycles. The van der Waals surface area contributed by atoms with Crippen LogP contribution in [0.5, 0.6) is 23.0 Å². The van der Waals surface area contributed by atoms with Crippen molar-refractivity contribution in [2.75, 3.05) is 19.8 Å². The zero-order valence-corrected chi connectivity index (χ0v) is 35.9. The van der Waals surface area contributed by atoms with Crippen LogP contribution in [-0.4, -0.2) is 61.7 Å². The molecule has 2 aliphatic heterocycles. The zero-order chi connectivity index (χ0) is 42.6. The summed E-state index contributed by atoms with van der Waals surface area (Å²) in [6, 6.07) is 14.3. The number of carbonyl (C=O) groups is 5. The van der Waals surface area contributed by atoms with Crippen LogP contribution in [0.2, 0.25) is 0 Å². The molecule has 2 amide bonds. The van der Waals surface area contributed by atoms with Crippen LogP contribution in [-0.2, 0) is 33.8 Å².